The Balaban J connectivity index is 1.60. The first kappa shape index (κ1) is 21.8. The highest BCUT2D eigenvalue weighted by Crippen LogP contribution is 2.22. The van der Waals surface area contributed by atoms with Crippen LogP contribution in [-0.4, -0.2) is 65.3 Å². The third-order valence-electron chi connectivity index (χ3n) is 5.37. The second-order valence-electron chi connectivity index (χ2n) is 8.34. The number of hydrazine groups is 1. The molecule has 2 saturated heterocycles. The molecule has 2 aromatic rings. The maximum Gasteiger partial charge on any atom is 0.248 e. The van der Waals surface area contributed by atoms with Crippen LogP contribution in [0.2, 0.25) is 5.02 Å². The van der Waals surface area contributed by atoms with Crippen molar-refractivity contribution in [2.45, 2.75) is 37.0 Å². The smallest absolute Gasteiger partial charge is 0.248 e. The Kier molecular flexibility index (Phi) is 6.58. The lowest BCUT2D eigenvalue weighted by molar-refractivity contribution is 0.441. The molecule has 10 N–H and O–H groups in total. The zero-order chi connectivity index (χ0) is 22.0. The Labute approximate surface area is 186 Å². The largest absolute Gasteiger partial charge is 0.338 e. The zero-order valence-corrected chi connectivity index (χ0v) is 18.0. The Morgan fingerprint density at radius 1 is 0.710 bits per heavy atom. The highest BCUT2D eigenvalue weighted by Gasteiger charge is 2.28. The van der Waals surface area contributed by atoms with Gasteiger partial charge in [0.25, 0.3) is 0 Å². The average Bonchev–Trinajstić information content (AvgIpc) is 2.72. The van der Waals surface area contributed by atoms with Gasteiger partial charge in [0, 0.05) is 55.4 Å². The van der Waals surface area contributed by atoms with Crippen LogP contribution in [0.1, 0.15) is 12.8 Å². The number of nitrogens with two attached hydrogens (primary N) is 4. The van der Waals surface area contributed by atoms with E-state index in [0.29, 0.717) is 49.0 Å². The van der Waals surface area contributed by atoms with E-state index in [1.165, 1.54) is 0 Å². The van der Waals surface area contributed by atoms with Gasteiger partial charge in [0.15, 0.2) is 0 Å². The van der Waals surface area contributed by atoms with Crippen molar-refractivity contribution in [3.63, 3.8) is 0 Å². The summed E-state index contributed by atoms with van der Waals surface area (Å²) in [5, 5.41) is 0.658. The predicted octanol–water partition coefficient (Wildman–Crippen LogP) is -0.307. The zero-order valence-electron chi connectivity index (χ0n) is 17.3. The van der Waals surface area contributed by atoms with E-state index in [-0.39, 0.29) is 24.2 Å². The molecule has 3 heterocycles. The number of rotatable bonds is 5. The molecule has 12 heteroatoms. The van der Waals surface area contributed by atoms with Crippen molar-refractivity contribution in [1.82, 2.24) is 15.0 Å². The molecule has 11 nitrogen and oxygen atoms in total. The van der Waals surface area contributed by atoms with E-state index >= 15 is 0 Å². The molecule has 0 aliphatic carbocycles. The van der Waals surface area contributed by atoms with Gasteiger partial charge in [-0.1, -0.05) is 11.6 Å². The monoisotopic (exact) mass is 447 g/mol. The Hall–Kier alpha value is -2.44. The van der Waals surface area contributed by atoms with E-state index in [4.69, 9.17) is 39.5 Å². The second kappa shape index (κ2) is 9.37. The first-order valence-electron chi connectivity index (χ1n) is 10.4. The van der Waals surface area contributed by atoms with Gasteiger partial charge in [-0.05, 0) is 37.1 Å². The fourth-order valence-corrected chi connectivity index (χ4v) is 4.16. The third-order valence-corrected chi connectivity index (χ3v) is 5.62. The van der Waals surface area contributed by atoms with Crippen molar-refractivity contribution < 1.29 is 0 Å². The van der Waals surface area contributed by atoms with E-state index in [9.17, 15) is 0 Å². The van der Waals surface area contributed by atoms with Crippen molar-refractivity contribution in [1.29, 1.82) is 0 Å². The lowest BCUT2D eigenvalue weighted by Crippen LogP contribution is -2.54. The van der Waals surface area contributed by atoms with Gasteiger partial charge in [0.05, 0.1) is 5.69 Å². The van der Waals surface area contributed by atoms with E-state index in [1.54, 1.807) is 12.1 Å². The van der Waals surface area contributed by atoms with Gasteiger partial charge in [-0.3, -0.25) is 10.9 Å². The topological polar surface area (TPSA) is 173 Å². The van der Waals surface area contributed by atoms with E-state index in [2.05, 4.69) is 20.8 Å². The number of nitrogens with zero attached hydrogens (tertiary/aromatic N) is 5. The van der Waals surface area contributed by atoms with Crippen molar-refractivity contribution in [3.8, 4) is 0 Å². The van der Waals surface area contributed by atoms with Crippen LogP contribution in [0.4, 0.5) is 23.5 Å². The average molecular weight is 448 g/mol. The molecular formula is C19H30ClN11. The van der Waals surface area contributed by atoms with Crippen LogP contribution < -0.4 is 43.6 Å². The van der Waals surface area contributed by atoms with Gasteiger partial charge < -0.3 is 32.7 Å². The summed E-state index contributed by atoms with van der Waals surface area (Å²) in [6, 6.07) is 7.14. The minimum atomic E-state index is -0.0376. The molecule has 0 spiro atoms. The summed E-state index contributed by atoms with van der Waals surface area (Å²) in [5.74, 6) is 1.41. The summed E-state index contributed by atoms with van der Waals surface area (Å²) in [5.41, 5.74) is 31.7. The molecular weight excluding hydrogens is 418 g/mol. The van der Waals surface area contributed by atoms with Crippen LogP contribution in [-0.2, 0) is 0 Å². The van der Waals surface area contributed by atoms with Gasteiger partial charge in [0.2, 0.25) is 17.8 Å². The molecule has 0 amide bonds. The van der Waals surface area contributed by atoms with Crippen molar-refractivity contribution >= 4 is 35.1 Å². The lowest BCUT2D eigenvalue weighted by Gasteiger charge is -2.37. The van der Waals surface area contributed by atoms with Gasteiger partial charge in [-0.15, -0.1) is 0 Å². The molecule has 168 valence electrons. The molecule has 1 aromatic carbocycles. The molecule has 2 fully saturated rings. The Morgan fingerprint density at radius 2 is 1.16 bits per heavy atom. The molecule has 0 radical (unpaired) electrons. The molecule has 0 bridgehead atoms. The number of benzene rings is 1. The maximum absolute atomic E-state index is 6.18. The number of hydrogen-bond donors (Lipinski definition) is 6. The van der Waals surface area contributed by atoms with Crippen LogP contribution in [0.15, 0.2) is 24.3 Å². The van der Waals surface area contributed by atoms with Crippen LogP contribution in [0.25, 0.3) is 0 Å². The molecule has 0 unspecified atom stereocenters. The number of nitrogens with one attached hydrogen (secondary N) is 2. The highest BCUT2D eigenvalue weighted by atomic mass is 35.5. The molecule has 4 rings (SSSR count). The van der Waals surface area contributed by atoms with Gasteiger partial charge in [-0.2, -0.15) is 15.0 Å². The van der Waals surface area contributed by atoms with Crippen molar-refractivity contribution in [3.05, 3.63) is 29.3 Å². The van der Waals surface area contributed by atoms with Crippen molar-refractivity contribution in [2.24, 2.45) is 22.9 Å². The predicted molar refractivity (Wildman–Crippen MR) is 124 cm³/mol. The van der Waals surface area contributed by atoms with Crippen molar-refractivity contribution in [2.75, 3.05) is 46.8 Å². The quantitative estimate of drug-likeness (QED) is 0.332. The number of anilines is 4. The van der Waals surface area contributed by atoms with Crippen LogP contribution >= 0.6 is 11.6 Å². The summed E-state index contributed by atoms with van der Waals surface area (Å²) < 4.78 is 0. The standard InChI is InChI=1S/C19H30ClN11/c20-11-1-3-16(4-2-11)28-29-17-25-18(30-7-12(21)5-13(22)8-30)27-19(26-17)31-9-14(23)6-15(24)10-31/h1-4,12-15,28H,5-10,21-24H2,(H,25,26,27,29)/t12-,13+,14-,15+. The first-order chi connectivity index (χ1) is 14.9. The summed E-state index contributed by atoms with van der Waals surface area (Å²) >= 11 is 5.96. The SMILES string of the molecule is N[C@@H]1C[C@H](N)CN(c2nc(NNc3ccc(Cl)cc3)nc(N3C[C@H](N)C[C@H](N)C3)n2)C1. The summed E-state index contributed by atoms with van der Waals surface area (Å²) in [7, 11) is 0. The summed E-state index contributed by atoms with van der Waals surface area (Å²) in [6.45, 7) is 2.50. The molecule has 1 aromatic heterocycles. The van der Waals surface area contributed by atoms with Crippen LogP contribution in [0.5, 0.6) is 0 Å². The second-order valence-corrected chi connectivity index (χ2v) is 8.77. The number of piperidine rings is 2. The van der Waals surface area contributed by atoms with Gasteiger partial charge in [0.1, 0.15) is 0 Å². The highest BCUT2D eigenvalue weighted by molar-refractivity contribution is 6.30. The van der Waals surface area contributed by atoms with Gasteiger partial charge >= 0.3 is 0 Å². The third kappa shape index (κ3) is 5.63. The lowest BCUT2D eigenvalue weighted by atomic mass is 10.0. The normalized spacial score (nSPS) is 26.6. The molecule has 31 heavy (non-hydrogen) atoms. The number of aromatic nitrogens is 3. The van der Waals surface area contributed by atoms with Crippen LogP contribution in [0.3, 0.4) is 0 Å². The molecule has 0 saturated carbocycles. The maximum atomic E-state index is 6.18. The van der Waals surface area contributed by atoms with E-state index < -0.39 is 0 Å². The molecule has 2 aliphatic rings. The minimum absolute atomic E-state index is 0.0376. The Bertz CT molecular complexity index is 815. The summed E-state index contributed by atoms with van der Waals surface area (Å²) in [4.78, 5) is 17.9. The van der Waals surface area contributed by atoms with Gasteiger partial charge in [-0.25, -0.2) is 0 Å². The van der Waals surface area contributed by atoms with E-state index in [1.807, 2.05) is 21.9 Å². The number of hydrogen-bond acceptors (Lipinski definition) is 11. The molecule has 4 atom stereocenters. The van der Waals surface area contributed by atoms with Crippen LogP contribution in [0, 0.1) is 0 Å². The van der Waals surface area contributed by atoms with E-state index in [0.717, 1.165) is 18.5 Å². The molecule has 2 aliphatic heterocycles. The fourth-order valence-electron chi connectivity index (χ4n) is 4.04. The Morgan fingerprint density at radius 3 is 1.61 bits per heavy atom. The first-order valence-corrected chi connectivity index (χ1v) is 10.8. The minimum Gasteiger partial charge on any atom is -0.338 e. The summed E-state index contributed by atoms with van der Waals surface area (Å²) in [6.07, 6.45) is 1.54. The number of halogens is 1. The fraction of sp³-hybridized carbons (Fsp3) is 0.526.